The molecule has 0 amide bonds. The molecule has 0 aromatic heterocycles. The lowest BCUT2D eigenvalue weighted by Crippen LogP contribution is -2.14. The number of aliphatic imine (C=N–C) groups is 1. The number of hydrogen-bond donors (Lipinski definition) is 0. The normalized spacial score (nSPS) is 11.1. The highest BCUT2D eigenvalue weighted by atomic mass is 35.5. The van der Waals surface area contributed by atoms with Crippen molar-refractivity contribution in [3.8, 4) is 0 Å². The van der Waals surface area contributed by atoms with Crippen LogP contribution in [0.5, 0.6) is 0 Å². The summed E-state index contributed by atoms with van der Waals surface area (Å²) in [7, 11) is 1.96. The highest BCUT2D eigenvalue weighted by Crippen LogP contribution is 2.29. The van der Waals surface area contributed by atoms with Crippen molar-refractivity contribution in [3.63, 3.8) is 0 Å². The van der Waals surface area contributed by atoms with Crippen molar-refractivity contribution >= 4 is 23.6 Å². The average molecular weight is 319 g/mol. The van der Waals surface area contributed by atoms with E-state index in [4.69, 9.17) is 11.6 Å². The van der Waals surface area contributed by atoms with E-state index in [1.807, 2.05) is 37.1 Å². The van der Waals surface area contributed by atoms with Crippen LogP contribution in [0.15, 0.2) is 41.4 Å². The maximum atomic E-state index is 13.3. The topological polar surface area (TPSA) is 15.6 Å². The fraction of sp³-hybridized carbons (Fsp3) is 0.278. The molecule has 2 nitrogen and oxygen atoms in total. The average Bonchev–Trinajstić information content (AvgIpc) is 2.49. The molecule has 0 unspecified atom stereocenters. The first-order valence-electron chi connectivity index (χ1n) is 7.27. The van der Waals surface area contributed by atoms with Crippen LogP contribution < -0.4 is 0 Å². The Hall–Kier alpha value is -1.87. The minimum Gasteiger partial charge on any atom is -0.366 e. The van der Waals surface area contributed by atoms with Gasteiger partial charge in [0.2, 0.25) is 0 Å². The van der Waals surface area contributed by atoms with Crippen LogP contribution in [0.25, 0.3) is 0 Å². The van der Waals surface area contributed by atoms with E-state index in [0.717, 1.165) is 28.9 Å². The predicted molar refractivity (Wildman–Crippen MR) is 91.9 cm³/mol. The van der Waals surface area contributed by atoms with Gasteiger partial charge in [0, 0.05) is 13.6 Å². The van der Waals surface area contributed by atoms with Crippen molar-refractivity contribution in [2.24, 2.45) is 4.99 Å². The van der Waals surface area contributed by atoms with Gasteiger partial charge in [-0.3, -0.25) is 0 Å². The molecule has 0 N–H and O–H groups in total. The Bertz CT molecular complexity index is 683. The van der Waals surface area contributed by atoms with Gasteiger partial charge in [-0.25, -0.2) is 9.38 Å². The van der Waals surface area contributed by atoms with E-state index in [-0.39, 0.29) is 5.82 Å². The molecule has 116 valence electrons. The zero-order valence-electron chi connectivity index (χ0n) is 13.1. The summed E-state index contributed by atoms with van der Waals surface area (Å²) >= 11 is 6.32. The number of halogens is 2. The van der Waals surface area contributed by atoms with Crippen LogP contribution in [-0.2, 0) is 6.42 Å². The van der Waals surface area contributed by atoms with Gasteiger partial charge in [-0.15, -0.1) is 0 Å². The van der Waals surface area contributed by atoms with Crippen molar-refractivity contribution in [1.82, 2.24) is 4.90 Å². The lowest BCUT2D eigenvalue weighted by Gasteiger charge is -2.11. The summed E-state index contributed by atoms with van der Waals surface area (Å²) in [6.07, 6.45) is 2.43. The quantitative estimate of drug-likeness (QED) is 0.560. The van der Waals surface area contributed by atoms with Gasteiger partial charge in [-0.2, -0.15) is 0 Å². The number of hydrogen-bond acceptors (Lipinski definition) is 1. The van der Waals surface area contributed by atoms with E-state index in [9.17, 15) is 4.39 Å². The molecule has 0 spiro atoms. The van der Waals surface area contributed by atoms with Crippen molar-refractivity contribution in [3.05, 3.63) is 63.9 Å². The second-order valence-electron chi connectivity index (χ2n) is 5.35. The fourth-order valence-electron chi connectivity index (χ4n) is 2.11. The van der Waals surface area contributed by atoms with E-state index in [1.165, 1.54) is 6.07 Å². The first-order valence-corrected chi connectivity index (χ1v) is 7.65. The third kappa shape index (κ3) is 4.31. The standard InChI is InChI=1S/C18H20ClFN2/c1-4-22(3)12-21-18-8-13(2)15(11-17(18)19)9-14-6-5-7-16(20)10-14/h5-8,10-12H,4,9H2,1-3H3/b21-12-. The van der Waals surface area contributed by atoms with Crippen LogP contribution in [0, 0.1) is 12.7 Å². The molecule has 0 aliphatic carbocycles. The Balaban J connectivity index is 2.24. The Labute approximate surface area is 136 Å². The molecule has 0 saturated carbocycles. The first kappa shape index (κ1) is 16.5. The van der Waals surface area contributed by atoms with Gasteiger partial charge in [0.15, 0.2) is 0 Å². The molecule has 0 fully saturated rings. The van der Waals surface area contributed by atoms with Crippen LogP contribution in [0.3, 0.4) is 0 Å². The monoisotopic (exact) mass is 318 g/mol. The highest BCUT2D eigenvalue weighted by Gasteiger charge is 2.07. The molecular formula is C18H20ClFN2. The number of benzene rings is 2. The van der Waals surface area contributed by atoms with E-state index in [2.05, 4.69) is 11.9 Å². The molecule has 22 heavy (non-hydrogen) atoms. The summed E-state index contributed by atoms with van der Waals surface area (Å²) < 4.78 is 13.3. The largest absolute Gasteiger partial charge is 0.366 e. The van der Waals surface area contributed by atoms with Gasteiger partial charge in [-0.05, 0) is 61.2 Å². The summed E-state index contributed by atoms with van der Waals surface area (Å²) in [5.74, 6) is -0.218. The summed E-state index contributed by atoms with van der Waals surface area (Å²) in [6, 6.07) is 10.5. The smallest absolute Gasteiger partial charge is 0.123 e. The Morgan fingerprint density at radius 1 is 1.27 bits per heavy atom. The summed E-state index contributed by atoms with van der Waals surface area (Å²) in [6.45, 7) is 4.96. The third-order valence-corrected chi connectivity index (χ3v) is 3.88. The lowest BCUT2D eigenvalue weighted by atomic mass is 10.00. The molecule has 4 heteroatoms. The number of rotatable bonds is 5. The van der Waals surface area contributed by atoms with Gasteiger partial charge in [0.05, 0.1) is 17.0 Å². The van der Waals surface area contributed by atoms with Crippen LogP contribution >= 0.6 is 11.6 Å². The molecule has 0 saturated heterocycles. The SMILES string of the molecule is CCN(C)/C=N\c1cc(C)c(Cc2cccc(F)c2)cc1Cl. The van der Waals surface area contributed by atoms with Gasteiger partial charge < -0.3 is 4.90 Å². The predicted octanol–water partition coefficient (Wildman–Crippen LogP) is 4.99. The Morgan fingerprint density at radius 3 is 2.73 bits per heavy atom. The molecule has 2 rings (SSSR count). The van der Waals surface area contributed by atoms with Crippen LogP contribution in [0.1, 0.15) is 23.6 Å². The van der Waals surface area contributed by atoms with Gasteiger partial charge in [0.1, 0.15) is 5.82 Å². The molecule has 0 aliphatic rings. The molecule has 0 aliphatic heterocycles. The number of aryl methyl sites for hydroxylation is 1. The Morgan fingerprint density at radius 2 is 2.05 bits per heavy atom. The summed E-state index contributed by atoms with van der Waals surface area (Å²) in [5, 5.41) is 0.609. The molecule has 2 aromatic rings. The van der Waals surface area contributed by atoms with Gasteiger partial charge in [-0.1, -0.05) is 23.7 Å². The van der Waals surface area contributed by atoms with Crippen LogP contribution in [0.4, 0.5) is 10.1 Å². The van der Waals surface area contributed by atoms with Crippen molar-refractivity contribution in [2.75, 3.05) is 13.6 Å². The van der Waals surface area contributed by atoms with Gasteiger partial charge in [0.25, 0.3) is 0 Å². The minimum absolute atomic E-state index is 0.218. The zero-order chi connectivity index (χ0) is 16.1. The first-order chi connectivity index (χ1) is 10.5. The maximum Gasteiger partial charge on any atom is 0.123 e. The summed E-state index contributed by atoms with van der Waals surface area (Å²) in [5.41, 5.74) is 3.86. The van der Waals surface area contributed by atoms with Crippen molar-refractivity contribution in [1.29, 1.82) is 0 Å². The van der Waals surface area contributed by atoms with E-state index >= 15 is 0 Å². The highest BCUT2D eigenvalue weighted by molar-refractivity contribution is 6.33. The molecule has 0 heterocycles. The third-order valence-electron chi connectivity index (χ3n) is 3.58. The second kappa shape index (κ2) is 7.41. The molecule has 0 atom stereocenters. The number of nitrogens with zero attached hydrogens (tertiary/aromatic N) is 2. The molecule has 2 aromatic carbocycles. The van der Waals surface area contributed by atoms with E-state index in [1.54, 1.807) is 18.5 Å². The maximum absolute atomic E-state index is 13.3. The molecular weight excluding hydrogens is 299 g/mol. The van der Waals surface area contributed by atoms with Crippen molar-refractivity contribution in [2.45, 2.75) is 20.3 Å². The fourth-order valence-corrected chi connectivity index (χ4v) is 2.34. The second-order valence-corrected chi connectivity index (χ2v) is 5.76. The van der Waals surface area contributed by atoms with E-state index < -0.39 is 0 Å². The minimum atomic E-state index is -0.218. The summed E-state index contributed by atoms with van der Waals surface area (Å²) in [4.78, 5) is 6.39. The lowest BCUT2D eigenvalue weighted by molar-refractivity contribution is 0.552. The Kier molecular flexibility index (Phi) is 5.56. The van der Waals surface area contributed by atoms with E-state index in [0.29, 0.717) is 11.4 Å². The molecule has 0 bridgehead atoms. The van der Waals surface area contributed by atoms with Gasteiger partial charge >= 0.3 is 0 Å². The van der Waals surface area contributed by atoms with Crippen molar-refractivity contribution < 1.29 is 4.39 Å². The van der Waals surface area contributed by atoms with Crippen LogP contribution in [0.2, 0.25) is 5.02 Å². The van der Waals surface area contributed by atoms with Crippen LogP contribution in [-0.4, -0.2) is 24.8 Å². The molecule has 0 radical (unpaired) electrons. The zero-order valence-corrected chi connectivity index (χ0v) is 13.9.